The van der Waals surface area contributed by atoms with Crippen molar-refractivity contribution in [3.63, 3.8) is 0 Å². The summed E-state index contributed by atoms with van der Waals surface area (Å²) in [5.74, 6) is -3.00. The van der Waals surface area contributed by atoms with Crippen LogP contribution in [0.4, 0.5) is 25.0 Å². The number of aryl methyl sites for hydroxylation is 1. The molecule has 3 amide bonds. The number of hydrogen-bond donors (Lipinski definition) is 2. The van der Waals surface area contributed by atoms with Crippen LogP contribution in [0.2, 0.25) is 5.02 Å². The molecule has 4 aromatic rings. The zero-order chi connectivity index (χ0) is 26.3. The normalized spacial score (nSPS) is 14.4. The number of urea groups is 1. The average molecular weight is 525 g/mol. The van der Waals surface area contributed by atoms with Gasteiger partial charge in [-0.1, -0.05) is 17.7 Å². The molecule has 0 unspecified atom stereocenters. The van der Waals surface area contributed by atoms with Gasteiger partial charge in [-0.3, -0.25) is 18.8 Å². The molecule has 1 aliphatic rings. The zero-order valence-electron chi connectivity index (χ0n) is 19.3. The van der Waals surface area contributed by atoms with Crippen molar-refractivity contribution in [1.29, 1.82) is 0 Å². The molecule has 37 heavy (non-hydrogen) atoms. The van der Waals surface area contributed by atoms with Crippen molar-refractivity contribution in [2.24, 2.45) is 7.05 Å². The molecule has 2 aromatic carbocycles. The van der Waals surface area contributed by atoms with Gasteiger partial charge < -0.3 is 15.5 Å². The Kier molecular flexibility index (Phi) is 6.22. The van der Waals surface area contributed by atoms with Crippen LogP contribution in [0.5, 0.6) is 0 Å². The summed E-state index contributed by atoms with van der Waals surface area (Å²) in [6, 6.07) is 10.8. The minimum atomic E-state index is -1.20. The van der Waals surface area contributed by atoms with Gasteiger partial charge in [0.2, 0.25) is 0 Å². The molecule has 0 saturated carbocycles. The largest absolute Gasteiger partial charge is 0.323 e. The number of anilines is 2. The van der Waals surface area contributed by atoms with Crippen molar-refractivity contribution in [1.82, 2.24) is 19.2 Å². The summed E-state index contributed by atoms with van der Waals surface area (Å²) in [5, 5.41) is 9.59. The first-order valence-corrected chi connectivity index (χ1v) is 11.4. The van der Waals surface area contributed by atoms with Gasteiger partial charge in [0.15, 0.2) is 11.6 Å². The number of pyridine rings is 1. The Morgan fingerprint density at radius 2 is 1.76 bits per heavy atom. The molecule has 3 heterocycles. The summed E-state index contributed by atoms with van der Waals surface area (Å²) < 4.78 is 32.5. The molecule has 2 aromatic heterocycles. The summed E-state index contributed by atoms with van der Waals surface area (Å²) in [6.07, 6.45) is 2.81. The Balaban J connectivity index is 1.43. The third-order valence-corrected chi connectivity index (χ3v) is 6.25. The lowest BCUT2D eigenvalue weighted by atomic mass is 10.1. The van der Waals surface area contributed by atoms with E-state index in [0.29, 0.717) is 22.0 Å². The van der Waals surface area contributed by atoms with Gasteiger partial charge in [0.1, 0.15) is 11.7 Å². The van der Waals surface area contributed by atoms with Crippen LogP contribution in [0.25, 0.3) is 5.69 Å². The second-order valence-electron chi connectivity index (χ2n) is 8.32. The van der Waals surface area contributed by atoms with Crippen LogP contribution in [0, 0.1) is 11.6 Å². The molecule has 1 aliphatic heterocycles. The summed E-state index contributed by atoms with van der Waals surface area (Å²) in [6.45, 7) is 0.0458. The maximum absolute atomic E-state index is 15.0. The highest BCUT2D eigenvalue weighted by atomic mass is 35.5. The van der Waals surface area contributed by atoms with Crippen LogP contribution in [-0.4, -0.2) is 31.2 Å². The van der Waals surface area contributed by atoms with Crippen molar-refractivity contribution < 1.29 is 18.4 Å². The lowest BCUT2D eigenvalue weighted by molar-refractivity contribution is -0.120. The number of halogens is 3. The van der Waals surface area contributed by atoms with Gasteiger partial charge in [-0.15, -0.1) is 0 Å². The lowest BCUT2D eigenvalue weighted by Gasteiger charge is -2.25. The average Bonchev–Trinajstić information content (AvgIpc) is 3.42. The molecular formula is C25H19ClF2N6O3. The number of carbonyl (C=O) groups excluding carboxylic acids is 2. The summed E-state index contributed by atoms with van der Waals surface area (Å²) in [4.78, 5) is 39.7. The second kappa shape index (κ2) is 9.51. The predicted molar refractivity (Wildman–Crippen MR) is 133 cm³/mol. The van der Waals surface area contributed by atoms with E-state index in [9.17, 15) is 23.2 Å². The van der Waals surface area contributed by atoms with Crippen LogP contribution in [0.15, 0.2) is 71.8 Å². The van der Waals surface area contributed by atoms with Crippen molar-refractivity contribution in [2.45, 2.75) is 12.6 Å². The smallest absolute Gasteiger partial charge is 0.319 e. The first kappa shape index (κ1) is 24.2. The molecule has 5 rings (SSSR count). The topological polar surface area (TPSA) is 101 Å². The van der Waals surface area contributed by atoms with Crippen molar-refractivity contribution >= 4 is 34.9 Å². The highest BCUT2D eigenvalue weighted by molar-refractivity contribution is 6.30. The maximum atomic E-state index is 15.0. The van der Waals surface area contributed by atoms with Crippen molar-refractivity contribution in [2.75, 3.05) is 10.6 Å². The Morgan fingerprint density at radius 1 is 1.05 bits per heavy atom. The Morgan fingerprint density at radius 3 is 2.43 bits per heavy atom. The molecule has 0 saturated heterocycles. The predicted octanol–water partition coefficient (Wildman–Crippen LogP) is 4.23. The summed E-state index contributed by atoms with van der Waals surface area (Å²) >= 11 is 5.89. The van der Waals surface area contributed by atoms with Gasteiger partial charge in [-0.2, -0.15) is 5.10 Å². The van der Waals surface area contributed by atoms with E-state index in [1.54, 1.807) is 37.4 Å². The number of fused-ring (bicyclic) bond motifs is 1. The monoisotopic (exact) mass is 524 g/mol. The third kappa shape index (κ3) is 4.56. The van der Waals surface area contributed by atoms with Crippen LogP contribution >= 0.6 is 11.6 Å². The fourth-order valence-electron chi connectivity index (χ4n) is 4.17. The molecule has 0 aliphatic carbocycles. The van der Waals surface area contributed by atoms with Gasteiger partial charge in [0.05, 0.1) is 24.1 Å². The molecular weight excluding hydrogens is 506 g/mol. The van der Waals surface area contributed by atoms with E-state index < -0.39 is 40.9 Å². The Hall–Kier alpha value is -4.51. The first-order chi connectivity index (χ1) is 17.7. The Labute approximate surface area is 213 Å². The highest BCUT2D eigenvalue weighted by Crippen LogP contribution is 2.35. The van der Waals surface area contributed by atoms with Crippen LogP contribution in [0.3, 0.4) is 0 Å². The number of aromatic nitrogens is 3. The van der Waals surface area contributed by atoms with E-state index in [-0.39, 0.29) is 12.2 Å². The van der Waals surface area contributed by atoms with Crippen molar-refractivity contribution in [3.8, 4) is 5.69 Å². The summed E-state index contributed by atoms with van der Waals surface area (Å²) in [7, 11) is 1.66. The summed E-state index contributed by atoms with van der Waals surface area (Å²) in [5.41, 5.74) is 0.263. The van der Waals surface area contributed by atoms with Gasteiger partial charge in [-0.05, 0) is 30.3 Å². The number of rotatable bonds is 4. The molecule has 2 N–H and O–H groups in total. The van der Waals surface area contributed by atoms with E-state index in [0.717, 1.165) is 16.7 Å². The van der Waals surface area contributed by atoms with Crippen molar-refractivity contribution in [3.05, 3.63) is 105 Å². The van der Waals surface area contributed by atoms with E-state index >= 15 is 0 Å². The quantitative estimate of drug-likeness (QED) is 0.417. The number of nitrogens with one attached hydrogen (secondary N) is 2. The van der Waals surface area contributed by atoms with Crippen LogP contribution in [-0.2, 0) is 18.4 Å². The fraction of sp³-hybridized carbons (Fsp3) is 0.120. The number of amides is 3. The first-order valence-electron chi connectivity index (χ1n) is 11.0. The van der Waals surface area contributed by atoms with Gasteiger partial charge in [0, 0.05) is 47.7 Å². The molecule has 0 spiro atoms. The minimum absolute atomic E-state index is 0.0435. The molecule has 0 fully saturated rings. The lowest BCUT2D eigenvalue weighted by Crippen LogP contribution is -2.39. The van der Waals surface area contributed by atoms with Gasteiger partial charge >= 0.3 is 6.03 Å². The molecule has 0 bridgehead atoms. The highest BCUT2D eigenvalue weighted by Gasteiger charge is 2.41. The van der Waals surface area contributed by atoms with E-state index in [4.69, 9.17) is 11.6 Å². The molecule has 0 radical (unpaired) electrons. The third-order valence-electron chi connectivity index (χ3n) is 6.00. The van der Waals surface area contributed by atoms with Gasteiger partial charge in [-0.25, -0.2) is 13.6 Å². The molecule has 1 atom stereocenters. The molecule has 12 heteroatoms. The zero-order valence-corrected chi connectivity index (χ0v) is 20.0. The van der Waals surface area contributed by atoms with E-state index in [1.165, 1.54) is 34.1 Å². The van der Waals surface area contributed by atoms with Gasteiger partial charge in [0.25, 0.3) is 11.5 Å². The maximum Gasteiger partial charge on any atom is 0.323 e. The molecule has 188 valence electrons. The number of hydrogen-bond acceptors (Lipinski definition) is 4. The van der Waals surface area contributed by atoms with Crippen LogP contribution in [0.1, 0.15) is 17.3 Å². The van der Waals surface area contributed by atoms with E-state index in [2.05, 4.69) is 15.7 Å². The SMILES string of the molecule is Cn1ncc2c1CN(C(=O)Nc1ccc(Cl)cc1)[C@H]2C(=O)Nc1c(F)cc(-n2ccccc2=O)cc1F. The number of benzene rings is 2. The number of carbonyl (C=O) groups is 2. The van der Waals surface area contributed by atoms with E-state index in [1.807, 2.05) is 0 Å². The fourth-order valence-corrected chi connectivity index (χ4v) is 4.30. The van der Waals surface area contributed by atoms with Crippen LogP contribution < -0.4 is 16.2 Å². The second-order valence-corrected chi connectivity index (χ2v) is 8.76. The standard InChI is InChI=1S/C25H19ClF2N6O3/c1-32-20-13-34(25(37)30-15-7-5-14(26)6-8-15)23(17(20)12-29-32)24(36)31-22-18(27)10-16(11-19(22)28)33-9-3-2-4-21(33)35/h2-12,23H,13H2,1H3,(H,30,37)(H,31,36)/t23-/m1/s1. The minimum Gasteiger partial charge on any atom is -0.319 e. The molecule has 9 nitrogen and oxygen atoms in total. The number of nitrogens with zero attached hydrogens (tertiary/aromatic N) is 4. The Bertz CT molecular complexity index is 1560.